The quantitative estimate of drug-likeness (QED) is 0.928. The minimum atomic E-state index is -0.0861. The fourth-order valence-electron chi connectivity index (χ4n) is 2.08. The predicted octanol–water partition coefficient (Wildman–Crippen LogP) is 2.33. The largest absolute Gasteiger partial charge is 0.326 e. The summed E-state index contributed by atoms with van der Waals surface area (Å²) in [6, 6.07) is 9.90. The van der Waals surface area contributed by atoms with E-state index in [1.54, 1.807) is 6.07 Å². The summed E-state index contributed by atoms with van der Waals surface area (Å²) in [5, 5.41) is 4.47. The van der Waals surface area contributed by atoms with Crippen LogP contribution in [0.5, 0.6) is 0 Å². The highest BCUT2D eigenvalue weighted by Crippen LogP contribution is 2.17. The molecule has 1 aromatic heterocycles. The molecular weight excluding hydrogens is 250 g/mol. The number of nitrogens with zero attached hydrogens (tertiary/aromatic N) is 2. The zero-order valence-electron chi connectivity index (χ0n) is 12.3. The molecule has 20 heavy (non-hydrogen) atoms. The number of hydrogen-bond acceptors (Lipinski definition) is 3. The fraction of sp³-hybridized carbons (Fsp3) is 0.375. The number of hydrogen-bond donors (Lipinski definition) is 1. The van der Waals surface area contributed by atoms with E-state index in [0.29, 0.717) is 18.0 Å². The van der Waals surface area contributed by atoms with E-state index in [-0.39, 0.29) is 12.1 Å². The second-order valence-electron chi connectivity index (χ2n) is 5.51. The first-order valence-electron chi connectivity index (χ1n) is 6.89. The molecule has 106 valence electrons. The van der Waals surface area contributed by atoms with E-state index in [4.69, 9.17) is 5.73 Å². The highest BCUT2D eigenvalue weighted by Gasteiger charge is 2.10. The molecule has 1 heterocycles. The molecule has 1 aromatic carbocycles. The van der Waals surface area contributed by atoms with Gasteiger partial charge in [0.1, 0.15) is 0 Å². The minimum absolute atomic E-state index is 0.0861. The summed E-state index contributed by atoms with van der Waals surface area (Å²) in [4.78, 5) is 12.2. The van der Waals surface area contributed by atoms with E-state index in [0.717, 1.165) is 11.3 Å². The van der Waals surface area contributed by atoms with Crippen LogP contribution < -0.4 is 11.3 Å². The third-order valence-corrected chi connectivity index (χ3v) is 3.15. The van der Waals surface area contributed by atoms with E-state index in [2.05, 4.69) is 18.9 Å². The Labute approximate surface area is 119 Å². The highest BCUT2D eigenvalue weighted by molar-refractivity contribution is 5.59. The number of aromatic nitrogens is 2. The van der Waals surface area contributed by atoms with Gasteiger partial charge in [-0.3, -0.25) is 4.79 Å². The molecule has 0 spiro atoms. The van der Waals surface area contributed by atoms with Crippen molar-refractivity contribution in [3.8, 4) is 11.3 Å². The molecule has 2 N–H and O–H groups in total. The Balaban J connectivity index is 2.53. The molecule has 0 saturated carbocycles. The SMILES string of the molecule is Cc1ccc(-c2cc(CN)c(=O)n(CC(C)C)n2)cc1. The number of aryl methyl sites for hydroxylation is 1. The maximum Gasteiger partial charge on any atom is 0.271 e. The number of benzene rings is 1. The fourth-order valence-corrected chi connectivity index (χ4v) is 2.08. The van der Waals surface area contributed by atoms with Crippen molar-refractivity contribution in [1.82, 2.24) is 9.78 Å². The van der Waals surface area contributed by atoms with Crippen LogP contribution >= 0.6 is 0 Å². The Morgan fingerprint density at radius 2 is 1.90 bits per heavy atom. The molecule has 0 saturated heterocycles. The van der Waals surface area contributed by atoms with Gasteiger partial charge in [0.2, 0.25) is 0 Å². The Morgan fingerprint density at radius 3 is 2.45 bits per heavy atom. The molecule has 0 radical (unpaired) electrons. The first-order chi connectivity index (χ1) is 9.51. The van der Waals surface area contributed by atoms with Crippen LogP contribution in [-0.4, -0.2) is 9.78 Å². The smallest absolute Gasteiger partial charge is 0.271 e. The van der Waals surface area contributed by atoms with Gasteiger partial charge in [-0.05, 0) is 18.9 Å². The van der Waals surface area contributed by atoms with Crippen LogP contribution in [0.1, 0.15) is 25.0 Å². The van der Waals surface area contributed by atoms with Crippen LogP contribution in [0, 0.1) is 12.8 Å². The average molecular weight is 271 g/mol. The molecule has 0 aliphatic heterocycles. The van der Waals surface area contributed by atoms with Gasteiger partial charge in [-0.2, -0.15) is 5.10 Å². The third-order valence-electron chi connectivity index (χ3n) is 3.15. The van der Waals surface area contributed by atoms with Crippen molar-refractivity contribution >= 4 is 0 Å². The molecule has 4 heteroatoms. The van der Waals surface area contributed by atoms with Crippen LogP contribution in [0.4, 0.5) is 0 Å². The summed E-state index contributed by atoms with van der Waals surface area (Å²) in [6.07, 6.45) is 0. The molecule has 0 atom stereocenters. The molecule has 2 rings (SSSR count). The second kappa shape index (κ2) is 6.01. The normalized spacial score (nSPS) is 11.1. The zero-order valence-corrected chi connectivity index (χ0v) is 12.3. The number of rotatable bonds is 4. The lowest BCUT2D eigenvalue weighted by Gasteiger charge is -2.12. The van der Waals surface area contributed by atoms with Crippen LogP contribution in [0.2, 0.25) is 0 Å². The van der Waals surface area contributed by atoms with Gasteiger partial charge >= 0.3 is 0 Å². The van der Waals surface area contributed by atoms with Gasteiger partial charge in [0.15, 0.2) is 0 Å². The second-order valence-corrected chi connectivity index (χ2v) is 5.51. The molecule has 0 amide bonds. The van der Waals surface area contributed by atoms with Gasteiger partial charge in [0.25, 0.3) is 5.56 Å². The zero-order chi connectivity index (χ0) is 14.7. The summed E-state index contributed by atoms with van der Waals surface area (Å²) < 4.78 is 1.53. The standard InChI is InChI=1S/C16H21N3O/c1-11(2)10-19-16(20)14(9-17)8-15(18-19)13-6-4-12(3)5-7-13/h4-8,11H,9-10,17H2,1-3H3. The van der Waals surface area contributed by atoms with Crippen molar-refractivity contribution in [3.05, 3.63) is 51.8 Å². The van der Waals surface area contributed by atoms with Crippen molar-refractivity contribution in [2.24, 2.45) is 11.7 Å². The Hall–Kier alpha value is -1.94. The first kappa shape index (κ1) is 14.5. The maximum atomic E-state index is 12.2. The van der Waals surface area contributed by atoms with E-state index >= 15 is 0 Å². The third kappa shape index (κ3) is 3.14. The van der Waals surface area contributed by atoms with Gasteiger partial charge in [-0.25, -0.2) is 4.68 Å². The van der Waals surface area contributed by atoms with E-state index < -0.39 is 0 Å². The molecule has 2 aromatic rings. The van der Waals surface area contributed by atoms with E-state index in [1.807, 2.05) is 31.2 Å². The van der Waals surface area contributed by atoms with Gasteiger partial charge in [-0.15, -0.1) is 0 Å². The van der Waals surface area contributed by atoms with Gasteiger partial charge < -0.3 is 5.73 Å². The van der Waals surface area contributed by atoms with Gasteiger partial charge in [0.05, 0.1) is 5.69 Å². The van der Waals surface area contributed by atoms with Crippen LogP contribution in [0.25, 0.3) is 11.3 Å². The Kier molecular flexibility index (Phi) is 4.35. The molecule has 0 aliphatic rings. The Bertz CT molecular complexity index is 642. The van der Waals surface area contributed by atoms with Crippen LogP contribution in [0.15, 0.2) is 35.1 Å². The van der Waals surface area contributed by atoms with Crippen molar-refractivity contribution < 1.29 is 0 Å². The number of nitrogens with two attached hydrogens (primary N) is 1. The molecule has 4 nitrogen and oxygen atoms in total. The highest BCUT2D eigenvalue weighted by atomic mass is 16.1. The van der Waals surface area contributed by atoms with Crippen molar-refractivity contribution in [2.75, 3.05) is 0 Å². The topological polar surface area (TPSA) is 60.9 Å². The molecule has 0 unspecified atom stereocenters. The summed E-state index contributed by atoms with van der Waals surface area (Å²) in [5.41, 5.74) is 9.20. The summed E-state index contributed by atoms with van der Waals surface area (Å²) in [5.74, 6) is 0.360. The molecule has 0 bridgehead atoms. The van der Waals surface area contributed by atoms with Crippen molar-refractivity contribution in [2.45, 2.75) is 33.9 Å². The minimum Gasteiger partial charge on any atom is -0.326 e. The van der Waals surface area contributed by atoms with Gasteiger partial charge in [0, 0.05) is 24.2 Å². The summed E-state index contributed by atoms with van der Waals surface area (Å²) in [6.45, 7) is 7.01. The average Bonchev–Trinajstić information content (AvgIpc) is 2.41. The lowest BCUT2D eigenvalue weighted by atomic mass is 10.1. The lowest BCUT2D eigenvalue weighted by Crippen LogP contribution is -2.29. The van der Waals surface area contributed by atoms with Crippen LogP contribution in [-0.2, 0) is 13.1 Å². The molecule has 0 fully saturated rings. The van der Waals surface area contributed by atoms with Crippen molar-refractivity contribution in [1.29, 1.82) is 0 Å². The monoisotopic (exact) mass is 271 g/mol. The molecule has 0 aliphatic carbocycles. The predicted molar refractivity (Wildman–Crippen MR) is 81.4 cm³/mol. The molecular formula is C16H21N3O. The summed E-state index contributed by atoms with van der Waals surface area (Å²) in [7, 11) is 0. The van der Waals surface area contributed by atoms with Crippen LogP contribution in [0.3, 0.4) is 0 Å². The van der Waals surface area contributed by atoms with Gasteiger partial charge in [-0.1, -0.05) is 43.7 Å². The first-order valence-corrected chi connectivity index (χ1v) is 6.89. The van der Waals surface area contributed by atoms with Crippen molar-refractivity contribution in [3.63, 3.8) is 0 Å². The summed E-state index contributed by atoms with van der Waals surface area (Å²) >= 11 is 0. The lowest BCUT2D eigenvalue weighted by molar-refractivity contribution is 0.462. The van der Waals surface area contributed by atoms with E-state index in [1.165, 1.54) is 10.2 Å². The Morgan fingerprint density at radius 1 is 1.25 bits per heavy atom. The maximum absolute atomic E-state index is 12.2. The van der Waals surface area contributed by atoms with E-state index in [9.17, 15) is 4.79 Å².